The quantitative estimate of drug-likeness (QED) is 0.682. The predicted octanol–water partition coefficient (Wildman–Crippen LogP) is 1.13. The number of hydrogen-bond donors (Lipinski definition) is 3. The molecule has 7 heteroatoms. The van der Waals surface area contributed by atoms with Gasteiger partial charge in [-0.15, -0.1) is 0 Å². The van der Waals surface area contributed by atoms with Crippen LogP contribution in [0.4, 0.5) is 4.79 Å². The molecular formula is C20H30N5O2+. The van der Waals surface area contributed by atoms with Crippen LogP contribution in [-0.4, -0.2) is 41.4 Å². The molecule has 0 saturated carbocycles. The molecule has 0 aliphatic rings. The summed E-state index contributed by atoms with van der Waals surface area (Å²) in [5.74, 6) is -0.293. The van der Waals surface area contributed by atoms with E-state index >= 15 is 0 Å². The molecule has 2 atom stereocenters. The number of hydrogen-bond acceptors (Lipinski definition) is 3. The number of imide groups is 1. The topological polar surface area (TPSA) is 80.5 Å². The highest BCUT2D eigenvalue weighted by Crippen LogP contribution is 2.16. The Morgan fingerprint density at radius 1 is 1.22 bits per heavy atom. The maximum atomic E-state index is 12.1. The second-order valence-corrected chi connectivity index (χ2v) is 7.04. The highest BCUT2D eigenvalue weighted by atomic mass is 16.2. The number of likely N-dealkylation sites (N-methyl/N-ethyl adjacent to an activating group) is 1. The molecule has 3 N–H and O–H groups in total. The zero-order valence-corrected chi connectivity index (χ0v) is 16.8. The summed E-state index contributed by atoms with van der Waals surface area (Å²) in [6, 6.07) is 9.58. The minimum atomic E-state index is -0.439. The first-order valence-electron chi connectivity index (χ1n) is 9.34. The van der Waals surface area contributed by atoms with Crippen LogP contribution < -0.4 is 15.5 Å². The van der Waals surface area contributed by atoms with E-state index in [4.69, 9.17) is 0 Å². The molecule has 146 valence electrons. The number of amides is 3. The first-order valence-corrected chi connectivity index (χ1v) is 9.34. The van der Waals surface area contributed by atoms with Gasteiger partial charge < -0.3 is 10.2 Å². The fraction of sp³-hybridized carbons (Fsp3) is 0.450. The monoisotopic (exact) mass is 372 g/mol. The Morgan fingerprint density at radius 2 is 1.89 bits per heavy atom. The van der Waals surface area contributed by atoms with Crippen LogP contribution >= 0.6 is 0 Å². The third kappa shape index (κ3) is 5.65. The van der Waals surface area contributed by atoms with Crippen molar-refractivity contribution in [3.8, 4) is 5.69 Å². The third-order valence-electron chi connectivity index (χ3n) is 4.63. The molecule has 0 spiro atoms. The van der Waals surface area contributed by atoms with Crippen LogP contribution in [0, 0.1) is 13.8 Å². The summed E-state index contributed by atoms with van der Waals surface area (Å²) >= 11 is 0. The zero-order chi connectivity index (χ0) is 20.0. The molecule has 0 saturated heterocycles. The van der Waals surface area contributed by atoms with Gasteiger partial charge in [-0.1, -0.05) is 25.1 Å². The van der Waals surface area contributed by atoms with Gasteiger partial charge >= 0.3 is 6.03 Å². The van der Waals surface area contributed by atoms with E-state index in [1.807, 2.05) is 69.8 Å². The lowest BCUT2D eigenvalue weighted by Gasteiger charge is -2.15. The summed E-state index contributed by atoms with van der Waals surface area (Å²) in [5.41, 5.74) is 4.15. The summed E-state index contributed by atoms with van der Waals surface area (Å²) in [6.45, 7) is 8.76. The fourth-order valence-corrected chi connectivity index (χ4v) is 2.92. The summed E-state index contributed by atoms with van der Waals surface area (Å²) in [4.78, 5) is 24.9. The van der Waals surface area contributed by atoms with Crippen molar-refractivity contribution in [2.75, 3.05) is 13.6 Å². The van der Waals surface area contributed by atoms with Gasteiger partial charge in [-0.3, -0.25) is 10.1 Å². The Morgan fingerprint density at radius 3 is 2.52 bits per heavy atom. The number of nitrogens with zero attached hydrogens (tertiary/aromatic N) is 2. The fourth-order valence-electron chi connectivity index (χ4n) is 2.92. The van der Waals surface area contributed by atoms with Crippen molar-refractivity contribution in [1.82, 2.24) is 20.4 Å². The first kappa shape index (κ1) is 20.6. The number of urea groups is 1. The van der Waals surface area contributed by atoms with Crippen molar-refractivity contribution in [1.29, 1.82) is 0 Å². The van der Waals surface area contributed by atoms with Crippen molar-refractivity contribution in [2.24, 2.45) is 0 Å². The van der Waals surface area contributed by atoms with Gasteiger partial charge in [0.1, 0.15) is 6.54 Å². The number of para-hydroxylation sites is 1. The largest absolute Gasteiger partial charge is 0.335 e. The number of rotatable bonds is 7. The predicted molar refractivity (Wildman–Crippen MR) is 105 cm³/mol. The Labute approximate surface area is 160 Å². The molecule has 0 aliphatic carbocycles. The Hall–Kier alpha value is -2.67. The summed E-state index contributed by atoms with van der Waals surface area (Å²) < 4.78 is 1.93. The molecule has 2 rings (SSSR count). The molecule has 1 aromatic carbocycles. The molecule has 3 amide bonds. The van der Waals surface area contributed by atoms with Crippen LogP contribution in [0.3, 0.4) is 0 Å². The second-order valence-electron chi connectivity index (χ2n) is 7.04. The number of aromatic nitrogens is 2. The smallest absolute Gasteiger partial charge is 0.321 e. The van der Waals surface area contributed by atoms with Gasteiger partial charge in [-0.25, -0.2) is 9.48 Å². The summed E-state index contributed by atoms with van der Waals surface area (Å²) in [5, 5.41) is 9.76. The van der Waals surface area contributed by atoms with Crippen LogP contribution in [0.1, 0.15) is 37.2 Å². The van der Waals surface area contributed by atoms with Gasteiger partial charge in [-0.2, -0.15) is 5.10 Å². The van der Waals surface area contributed by atoms with E-state index in [1.165, 1.54) is 0 Å². The van der Waals surface area contributed by atoms with Gasteiger partial charge in [0.2, 0.25) is 0 Å². The van der Waals surface area contributed by atoms with Crippen LogP contribution in [0.5, 0.6) is 0 Å². The van der Waals surface area contributed by atoms with E-state index in [2.05, 4.69) is 15.7 Å². The van der Waals surface area contributed by atoms with E-state index in [9.17, 15) is 9.59 Å². The Bertz CT molecular complexity index is 785. The van der Waals surface area contributed by atoms with E-state index in [0.717, 1.165) is 34.0 Å². The molecule has 0 radical (unpaired) electrons. The van der Waals surface area contributed by atoms with Crippen molar-refractivity contribution in [2.45, 2.75) is 46.7 Å². The number of carbonyl (C=O) groups is 2. The maximum Gasteiger partial charge on any atom is 0.321 e. The highest BCUT2D eigenvalue weighted by molar-refractivity contribution is 5.94. The minimum absolute atomic E-state index is 0.0389. The third-order valence-corrected chi connectivity index (χ3v) is 4.63. The molecule has 0 fully saturated rings. The number of nitrogens with one attached hydrogen (secondary N) is 3. The van der Waals surface area contributed by atoms with Gasteiger partial charge in [0.25, 0.3) is 5.91 Å². The number of carbonyl (C=O) groups excluding carboxylic acids is 2. The normalized spacial score (nSPS) is 13.1. The van der Waals surface area contributed by atoms with Gasteiger partial charge in [-0.05, 0) is 39.3 Å². The minimum Gasteiger partial charge on any atom is -0.335 e. The maximum absolute atomic E-state index is 12.1. The second kappa shape index (κ2) is 9.32. The van der Waals surface area contributed by atoms with Crippen LogP contribution in [-0.2, 0) is 11.3 Å². The summed E-state index contributed by atoms with van der Waals surface area (Å²) in [7, 11) is 1.94. The molecule has 1 unspecified atom stereocenters. The molecule has 1 heterocycles. The van der Waals surface area contributed by atoms with E-state index < -0.39 is 6.03 Å². The molecule has 0 aliphatic heterocycles. The summed E-state index contributed by atoms with van der Waals surface area (Å²) in [6.07, 6.45) is 0.816. The van der Waals surface area contributed by atoms with Crippen LogP contribution in [0.2, 0.25) is 0 Å². The van der Waals surface area contributed by atoms with Crippen LogP contribution in [0.25, 0.3) is 5.69 Å². The highest BCUT2D eigenvalue weighted by Gasteiger charge is 2.19. The Kier molecular flexibility index (Phi) is 7.12. The van der Waals surface area contributed by atoms with E-state index in [0.29, 0.717) is 6.54 Å². The van der Waals surface area contributed by atoms with Crippen molar-refractivity contribution >= 4 is 11.9 Å². The number of quaternary nitrogens is 1. The lowest BCUT2D eigenvalue weighted by Crippen LogP contribution is -3.09. The molecule has 7 nitrogen and oxygen atoms in total. The number of aryl methyl sites for hydroxylation is 1. The van der Waals surface area contributed by atoms with Crippen molar-refractivity contribution in [3.63, 3.8) is 0 Å². The standard InChI is InChI=1S/C20H29N5O2/c1-6-14(2)21-20(27)22-19(26)13-24(5)12-18-15(3)23-25(16(18)4)17-10-8-7-9-11-17/h7-11,14H,6,12-13H2,1-5H3,(H2,21,22,26,27)/p+1/t14-/m0/s1. The SMILES string of the molecule is CC[C@H](C)NC(=O)NC(=O)C[NH+](C)Cc1c(C)nn(-c2ccccc2)c1C. The van der Waals surface area contributed by atoms with E-state index in [1.54, 1.807) is 0 Å². The first-order chi connectivity index (χ1) is 12.8. The average molecular weight is 372 g/mol. The lowest BCUT2D eigenvalue weighted by molar-refractivity contribution is -0.885. The number of benzene rings is 1. The van der Waals surface area contributed by atoms with Crippen molar-refractivity contribution < 1.29 is 14.5 Å². The van der Waals surface area contributed by atoms with Crippen LogP contribution in [0.15, 0.2) is 30.3 Å². The zero-order valence-electron chi connectivity index (χ0n) is 16.8. The molecule has 2 aromatic rings. The average Bonchev–Trinajstić information content (AvgIpc) is 2.90. The molecule has 1 aromatic heterocycles. The Balaban J connectivity index is 1.98. The van der Waals surface area contributed by atoms with Gasteiger partial charge in [0.05, 0.1) is 29.7 Å². The lowest BCUT2D eigenvalue weighted by atomic mass is 10.2. The van der Waals surface area contributed by atoms with Gasteiger partial charge in [0, 0.05) is 6.04 Å². The molecule has 27 heavy (non-hydrogen) atoms. The van der Waals surface area contributed by atoms with Gasteiger partial charge in [0.15, 0.2) is 6.54 Å². The van der Waals surface area contributed by atoms with E-state index in [-0.39, 0.29) is 18.5 Å². The van der Waals surface area contributed by atoms with Crippen molar-refractivity contribution in [3.05, 3.63) is 47.3 Å². The molecule has 0 bridgehead atoms. The molecular weight excluding hydrogens is 342 g/mol.